The molecule has 0 spiro atoms. The van der Waals surface area contributed by atoms with Crippen LogP contribution in [0.5, 0.6) is 0 Å². The van der Waals surface area contributed by atoms with Gasteiger partial charge in [0, 0.05) is 25.8 Å². The zero-order valence-electron chi connectivity index (χ0n) is 16.3. The van der Waals surface area contributed by atoms with Crippen LogP contribution in [0, 0.1) is 12.8 Å². The van der Waals surface area contributed by atoms with Crippen molar-refractivity contribution in [1.82, 2.24) is 20.4 Å². The lowest BCUT2D eigenvalue weighted by atomic mass is 10.1. The smallest absolute Gasteiger partial charge is 0.191 e. The van der Waals surface area contributed by atoms with Gasteiger partial charge in [-0.05, 0) is 50.3 Å². The number of aryl methyl sites for hydroxylation is 2. The quantitative estimate of drug-likeness (QED) is 0.267. The van der Waals surface area contributed by atoms with E-state index >= 15 is 0 Å². The molecule has 0 fully saturated rings. The summed E-state index contributed by atoms with van der Waals surface area (Å²) in [5.74, 6) is 1.48. The number of guanidine groups is 1. The Hall–Kier alpha value is -1.57. The van der Waals surface area contributed by atoms with Gasteiger partial charge in [-0.25, -0.2) is 4.68 Å². The van der Waals surface area contributed by atoms with Gasteiger partial charge in [-0.15, -0.1) is 24.0 Å². The van der Waals surface area contributed by atoms with E-state index < -0.39 is 0 Å². The summed E-state index contributed by atoms with van der Waals surface area (Å²) in [4.78, 5) is 4.60. The van der Waals surface area contributed by atoms with Gasteiger partial charge in [-0.3, -0.25) is 4.99 Å². The van der Waals surface area contributed by atoms with Crippen LogP contribution < -0.4 is 10.6 Å². The Morgan fingerprint density at radius 2 is 1.92 bits per heavy atom. The first-order valence-electron chi connectivity index (χ1n) is 9.23. The molecule has 1 heterocycles. The first kappa shape index (κ1) is 22.5. The summed E-state index contributed by atoms with van der Waals surface area (Å²) < 4.78 is 1.96. The number of hydrogen-bond acceptors (Lipinski definition) is 2. The van der Waals surface area contributed by atoms with E-state index in [9.17, 15) is 0 Å². The molecule has 1 aromatic heterocycles. The summed E-state index contributed by atoms with van der Waals surface area (Å²) in [7, 11) is 0. The Morgan fingerprint density at radius 1 is 1.19 bits per heavy atom. The number of aliphatic imine (C=N–C) groups is 1. The van der Waals surface area contributed by atoms with Crippen molar-refractivity contribution in [2.24, 2.45) is 10.9 Å². The zero-order valence-corrected chi connectivity index (χ0v) is 18.7. The highest BCUT2D eigenvalue weighted by molar-refractivity contribution is 14.0. The van der Waals surface area contributed by atoms with Crippen molar-refractivity contribution < 1.29 is 0 Å². The molecule has 0 atom stereocenters. The van der Waals surface area contributed by atoms with Gasteiger partial charge in [0.15, 0.2) is 5.96 Å². The van der Waals surface area contributed by atoms with Crippen LogP contribution in [0.4, 0.5) is 0 Å². The minimum absolute atomic E-state index is 0. The second kappa shape index (κ2) is 11.9. The highest BCUT2D eigenvalue weighted by Gasteiger charge is 2.06. The first-order valence-corrected chi connectivity index (χ1v) is 9.23. The number of nitrogens with zero attached hydrogens (tertiary/aromatic N) is 3. The first-order chi connectivity index (χ1) is 12.1. The van der Waals surface area contributed by atoms with Crippen molar-refractivity contribution in [3.63, 3.8) is 0 Å². The van der Waals surface area contributed by atoms with Gasteiger partial charge in [-0.2, -0.15) is 5.10 Å². The van der Waals surface area contributed by atoms with E-state index in [0.29, 0.717) is 5.92 Å². The van der Waals surface area contributed by atoms with E-state index in [-0.39, 0.29) is 24.0 Å². The molecule has 26 heavy (non-hydrogen) atoms. The summed E-state index contributed by atoms with van der Waals surface area (Å²) >= 11 is 0. The van der Waals surface area contributed by atoms with Crippen LogP contribution in [-0.4, -0.2) is 35.4 Å². The van der Waals surface area contributed by atoms with Crippen LogP contribution in [0.25, 0.3) is 5.69 Å². The molecule has 144 valence electrons. The third-order valence-electron chi connectivity index (χ3n) is 3.90. The van der Waals surface area contributed by atoms with Crippen molar-refractivity contribution in [2.45, 2.75) is 40.5 Å². The van der Waals surface area contributed by atoms with Crippen molar-refractivity contribution in [1.29, 1.82) is 0 Å². The van der Waals surface area contributed by atoms with E-state index in [2.05, 4.69) is 66.7 Å². The number of para-hydroxylation sites is 1. The largest absolute Gasteiger partial charge is 0.357 e. The minimum Gasteiger partial charge on any atom is -0.357 e. The maximum absolute atomic E-state index is 4.63. The second-order valence-electron chi connectivity index (χ2n) is 6.66. The van der Waals surface area contributed by atoms with Crippen LogP contribution in [0.1, 0.15) is 38.4 Å². The molecule has 2 N–H and O–H groups in total. The van der Waals surface area contributed by atoms with Crippen LogP contribution in [-0.2, 0) is 6.42 Å². The average Bonchev–Trinajstić information content (AvgIpc) is 2.98. The summed E-state index contributed by atoms with van der Waals surface area (Å²) in [6.07, 6.45) is 4.20. The van der Waals surface area contributed by atoms with Gasteiger partial charge in [-0.1, -0.05) is 32.0 Å². The van der Waals surface area contributed by atoms with Gasteiger partial charge in [0.25, 0.3) is 0 Å². The maximum atomic E-state index is 4.63. The van der Waals surface area contributed by atoms with Crippen LogP contribution in [0.2, 0.25) is 0 Å². The lowest BCUT2D eigenvalue weighted by molar-refractivity contribution is 0.654. The highest BCUT2D eigenvalue weighted by Crippen LogP contribution is 2.13. The van der Waals surface area contributed by atoms with Gasteiger partial charge < -0.3 is 10.6 Å². The monoisotopic (exact) mass is 469 g/mol. The van der Waals surface area contributed by atoms with Crippen LogP contribution in [0.15, 0.2) is 41.5 Å². The van der Waals surface area contributed by atoms with Gasteiger partial charge in [0.2, 0.25) is 0 Å². The van der Waals surface area contributed by atoms with E-state index in [1.165, 1.54) is 5.56 Å². The summed E-state index contributed by atoms with van der Waals surface area (Å²) in [6, 6.07) is 10.2. The molecule has 1 aromatic carbocycles. The van der Waals surface area contributed by atoms with Gasteiger partial charge in [0.1, 0.15) is 0 Å². The number of rotatable bonds is 8. The molecule has 5 nitrogen and oxygen atoms in total. The van der Waals surface area contributed by atoms with Gasteiger partial charge >= 0.3 is 0 Å². The fourth-order valence-corrected chi connectivity index (χ4v) is 2.56. The molecule has 0 saturated heterocycles. The summed E-state index contributed by atoms with van der Waals surface area (Å²) in [5, 5.41) is 11.3. The molecule has 0 radical (unpaired) electrons. The Labute approximate surface area is 174 Å². The number of aromatic nitrogens is 2. The molecule has 6 heteroatoms. The highest BCUT2D eigenvalue weighted by atomic mass is 127. The predicted octanol–water partition coefficient (Wildman–Crippen LogP) is 3.94. The van der Waals surface area contributed by atoms with Crippen molar-refractivity contribution in [3.05, 3.63) is 47.8 Å². The normalized spacial score (nSPS) is 11.3. The molecule has 0 aliphatic heterocycles. The Bertz CT molecular complexity index is 664. The lowest BCUT2D eigenvalue weighted by Gasteiger charge is -2.11. The molecular weight excluding hydrogens is 437 g/mol. The molecule has 0 saturated carbocycles. The Balaban J connectivity index is 0.00000338. The third-order valence-corrected chi connectivity index (χ3v) is 3.90. The minimum atomic E-state index is 0. The summed E-state index contributed by atoms with van der Waals surface area (Å²) in [5.41, 5.74) is 3.50. The number of hydrogen-bond donors (Lipinski definition) is 2. The molecule has 0 amide bonds. The topological polar surface area (TPSA) is 54.2 Å². The van der Waals surface area contributed by atoms with Gasteiger partial charge in [0.05, 0.1) is 11.4 Å². The molecule has 2 aromatic rings. The van der Waals surface area contributed by atoms with E-state index in [1.54, 1.807) is 0 Å². The Morgan fingerprint density at radius 3 is 2.58 bits per heavy atom. The SMILES string of the molecule is CCNC(=NCC(C)C)NCCCc1cn(-c2ccccc2)nc1C.I. The number of halogens is 1. The second-order valence-corrected chi connectivity index (χ2v) is 6.66. The molecule has 2 rings (SSSR count). The average molecular weight is 469 g/mol. The maximum Gasteiger partial charge on any atom is 0.191 e. The standard InChI is InChI=1S/C20H31N5.HI/c1-5-21-20(23-14-16(2)3)22-13-9-10-18-15-25(24-17(18)4)19-11-7-6-8-12-19;/h6-8,11-12,15-16H,5,9-10,13-14H2,1-4H3,(H2,21,22,23);1H. The predicted molar refractivity (Wildman–Crippen MR) is 121 cm³/mol. The van der Waals surface area contributed by atoms with E-state index in [1.807, 2.05) is 22.9 Å². The molecular formula is C20H32IN5. The lowest BCUT2D eigenvalue weighted by Crippen LogP contribution is -2.38. The molecule has 0 unspecified atom stereocenters. The van der Waals surface area contributed by atoms with Crippen molar-refractivity contribution in [3.8, 4) is 5.69 Å². The zero-order chi connectivity index (χ0) is 18.1. The molecule has 0 bridgehead atoms. The summed E-state index contributed by atoms with van der Waals surface area (Å²) in [6.45, 7) is 11.2. The number of benzene rings is 1. The molecule has 0 aliphatic rings. The fourth-order valence-electron chi connectivity index (χ4n) is 2.56. The molecule has 0 aliphatic carbocycles. The van der Waals surface area contributed by atoms with Crippen LogP contribution in [0.3, 0.4) is 0 Å². The Kier molecular flexibility index (Phi) is 10.3. The van der Waals surface area contributed by atoms with Crippen LogP contribution >= 0.6 is 24.0 Å². The third kappa shape index (κ3) is 7.35. The van der Waals surface area contributed by atoms with Crippen molar-refractivity contribution >= 4 is 29.9 Å². The fraction of sp³-hybridized carbons (Fsp3) is 0.500. The number of nitrogens with one attached hydrogen (secondary N) is 2. The van der Waals surface area contributed by atoms with E-state index in [0.717, 1.165) is 49.8 Å². The van der Waals surface area contributed by atoms with E-state index in [4.69, 9.17) is 0 Å². The van der Waals surface area contributed by atoms with Crippen molar-refractivity contribution in [2.75, 3.05) is 19.6 Å².